The summed E-state index contributed by atoms with van der Waals surface area (Å²) in [4.78, 5) is 90.2. The Hall–Kier alpha value is -5.51. The molecule has 2 fully saturated rings. The zero-order valence-corrected chi connectivity index (χ0v) is 26.6. The van der Waals surface area contributed by atoms with Crippen LogP contribution in [0.5, 0.6) is 0 Å². The summed E-state index contributed by atoms with van der Waals surface area (Å²) in [6, 6.07) is 8.59. The van der Waals surface area contributed by atoms with Crippen LogP contribution in [0, 0.1) is 38.0 Å². The lowest BCUT2D eigenvalue weighted by Crippen LogP contribution is -2.62. The molecule has 2 saturated heterocycles. The fourth-order valence-electron chi connectivity index (χ4n) is 6.53. The number of hydrogen-bond donors (Lipinski definition) is 0. The fraction of sp³-hybridized carbons (Fsp3) is 0.406. The molecule has 2 amide bonds. The van der Waals surface area contributed by atoms with Gasteiger partial charge in [0.25, 0.3) is 11.4 Å². The molecule has 16 heteroatoms. The van der Waals surface area contributed by atoms with Gasteiger partial charge in [-0.3, -0.25) is 29.9 Å². The molecule has 4 atom stereocenters. The maximum Gasteiger partial charge on any atom is 0.417 e. The topological polar surface area (TPSA) is 200 Å². The predicted octanol–water partition coefficient (Wildman–Crippen LogP) is 3.56. The molecule has 48 heavy (non-hydrogen) atoms. The van der Waals surface area contributed by atoms with Crippen LogP contribution in [0.25, 0.3) is 0 Å². The number of rotatable bonds is 9. The van der Waals surface area contributed by atoms with Gasteiger partial charge in [0.1, 0.15) is 5.70 Å². The molecule has 0 N–H and O–H groups in total. The standard InChI is InChI=1S/C32H33N5O11/c1-17(2)25-26-18(3)24(27(35(26)28(25)38)31(41)47-29(39)19-5-9-21(10-6-19)36(43)44)16-34-14-13-23(15-34)33(4)32(42)48-30(40)20-7-11-22(12-8-20)37(45)46/h5-12,17-18,23,25-26H,13-16H2,1-4H3/t18-,23-,25+,26+/m0/s1. The van der Waals surface area contributed by atoms with Crippen molar-refractivity contribution in [3.05, 3.63) is 91.2 Å². The molecule has 0 bridgehead atoms. The second-order valence-electron chi connectivity index (χ2n) is 12.4. The summed E-state index contributed by atoms with van der Waals surface area (Å²) in [5, 5.41) is 21.8. The Kier molecular flexibility index (Phi) is 9.38. The van der Waals surface area contributed by atoms with Crippen LogP contribution >= 0.6 is 0 Å². The zero-order valence-electron chi connectivity index (χ0n) is 26.6. The summed E-state index contributed by atoms with van der Waals surface area (Å²) >= 11 is 0. The number of nitro groups is 2. The van der Waals surface area contributed by atoms with E-state index in [4.69, 9.17) is 9.47 Å². The van der Waals surface area contributed by atoms with Gasteiger partial charge in [-0.1, -0.05) is 20.8 Å². The van der Waals surface area contributed by atoms with Crippen LogP contribution in [0.2, 0.25) is 0 Å². The Labute approximate surface area is 274 Å². The Morgan fingerprint density at radius 3 is 1.92 bits per heavy atom. The predicted molar refractivity (Wildman–Crippen MR) is 165 cm³/mol. The number of ether oxygens (including phenoxy) is 2. The van der Waals surface area contributed by atoms with Gasteiger partial charge in [-0.15, -0.1) is 0 Å². The average molecular weight is 664 g/mol. The number of hydrogen-bond acceptors (Lipinski definition) is 12. The van der Waals surface area contributed by atoms with E-state index in [1.54, 1.807) is 0 Å². The number of nitrogens with zero attached hydrogens (tertiary/aromatic N) is 5. The van der Waals surface area contributed by atoms with Crippen molar-refractivity contribution in [2.75, 3.05) is 26.7 Å². The van der Waals surface area contributed by atoms with E-state index in [2.05, 4.69) is 0 Å². The highest BCUT2D eigenvalue weighted by Crippen LogP contribution is 2.49. The third-order valence-corrected chi connectivity index (χ3v) is 9.18. The second-order valence-corrected chi connectivity index (χ2v) is 12.4. The van der Waals surface area contributed by atoms with Gasteiger partial charge in [-0.25, -0.2) is 19.2 Å². The number of esters is 3. The van der Waals surface area contributed by atoms with E-state index in [-0.39, 0.29) is 70.5 Å². The van der Waals surface area contributed by atoms with E-state index < -0.39 is 33.8 Å². The number of benzene rings is 2. The average Bonchev–Trinajstić information content (AvgIpc) is 3.61. The molecule has 0 aliphatic carbocycles. The van der Waals surface area contributed by atoms with Crippen LogP contribution in [0.15, 0.2) is 59.8 Å². The van der Waals surface area contributed by atoms with Crippen molar-refractivity contribution in [1.29, 1.82) is 0 Å². The molecule has 0 unspecified atom stereocenters. The summed E-state index contributed by atoms with van der Waals surface area (Å²) in [6.45, 7) is 6.85. The van der Waals surface area contributed by atoms with E-state index in [9.17, 15) is 44.2 Å². The minimum Gasteiger partial charge on any atom is -0.385 e. The van der Waals surface area contributed by atoms with E-state index in [0.717, 1.165) is 24.3 Å². The van der Waals surface area contributed by atoms with Crippen LogP contribution in [-0.4, -0.2) is 93.2 Å². The van der Waals surface area contributed by atoms with Gasteiger partial charge in [-0.05, 0) is 42.2 Å². The summed E-state index contributed by atoms with van der Waals surface area (Å²) < 4.78 is 10.2. The van der Waals surface area contributed by atoms with Crippen molar-refractivity contribution in [3.8, 4) is 0 Å². The number of β-lactam (4-membered cyclic amide) rings is 1. The van der Waals surface area contributed by atoms with E-state index in [1.165, 1.54) is 41.1 Å². The highest BCUT2D eigenvalue weighted by molar-refractivity contribution is 6.06. The minimum absolute atomic E-state index is 0.00380. The fourth-order valence-corrected chi connectivity index (χ4v) is 6.53. The van der Waals surface area contributed by atoms with Crippen LogP contribution < -0.4 is 0 Å². The number of carbonyl (C=O) groups is 5. The Bertz CT molecular complexity index is 1720. The van der Waals surface area contributed by atoms with Gasteiger partial charge in [0.05, 0.1) is 32.9 Å². The largest absolute Gasteiger partial charge is 0.417 e. The molecule has 2 aromatic rings. The molecule has 16 nitrogen and oxygen atoms in total. The highest BCUT2D eigenvalue weighted by atomic mass is 16.6. The van der Waals surface area contributed by atoms with Crippen molar-refractivity contribution in [2.24, 2.45) is 17.8 Å². The quantitative estimate of drug-likeness (QED) is 0.124. The van der Waals surface area contributed by atoms with Crippen LogP contribution in [0.3, 0.4) is 0 Å². The number of amides is 2. The molecule has 5 rings (SSSR count). The molecule has 2 aromatic carbocycles. The molecular weight excluding hydrogens is 630 g/mol. The first kappa shape index (κ1) is 33.8. The van der Waals surface area contributed by atoms with Crippen molar-refractivity contribution in [1.82, 2.24) is 14.7 Å². The Balaban J connectivity index is 1.28. The molecule has 0 radical (unpaired) electrons. The lowest BCUT2D eigenvalue weighted by atomic mass is 9.74. The summed E-state index contributed by atoms with van der Waals surface area (Å²) in [7, 11) is 1.49. The van der Waals surface area contributed by atoms with Gasteiger partial charge in [0, 0.05) is 62.9 Å². The van der Waals surface area contributed by atoms with E-state index in [1.807, 2.05) is 25.7 Å². The SMILES string of the molecule is CC(C)[C@H]1C(=O)N2C(C(=O)OC(=O)c3ccc([N+](=O)[O-])cc3)=C(CN3CC[C@H](N(C)C(=O)OC(=O)c4ccc([N+](=O)[O-])cc4)C3)[C@H](C)[C@H]12. The summed E-state index contributed by atoms with van der Waals surface area (Å²) in [6.07, 6.45) is -0.389. The molecule has 252 valence electrons. The number of nitro benzene ring substituents is 2. The molecule has 3 heterocycles. The molecular formula is C32H33N5O11. The van der Waals surface area contributed by atoms with Gasteiger partial charge >= 0.3 is 24.0 Å². The van der Waals surface area contributed by atoms with Gasteiger partial charge in [0.15, 0.2) is 0 Å². The molecule has 3 aliphatic rings. The second kappa shape index (κ2) is 13.3. The van der Waals surface area contributed by atoms with E-state index in [0.29, 0.717) is 25.1 Å². The summed E-state index contributed by atoms with van der Waals surface area (Å²) in [5.74, 6) is -3.79. The smallest absolute Gasteiger partial charge is 0.385 e. The minimum atomic E-state index is -1.02. The first-order chi connectivity index (χ1) is 22.7. The van der Waals surface area contributed by atoms with Crippen molar-refractivity contribution in [3.63, 3.8) is 0 Å². The number of non-ortho nitro benzene ring substituents is 2. The first-order valence-electron chi connectivity index (χ1n) is 15.2. The highest BCUT2D eigenvalue weighted by Gasteiger charge is 2.59. The number of fused-ring (bicyclic) bond motifs is 1. The van der Waals surface area contributed by atoms with Crippen LogP contribution in [0.4, 0.5) is 16.2 Å². The zero-order chi connectivity index (χ0) is 35.0. The number of likely N-dealkylation sites (N-methyl/N-ethyl adjacent to an activating group) is 1. The monoisotopic (exact) mass is 663 g/mol. The van der Waals surface area contributed by atoms with Crippen molar-refractivity contribution in [2.45, 2.75) is 39.3 Å². The van der Waals surface area contributed by atoms with Crippen LogP contribution in [-0.2, 0) is 19.1 Å². The lowest BCUT2D eigenvalue weighted by Gasteiger charge is -2.47. The normalized spacial score (nSPS) is 21.9. The Morgan fingerprint density at radius 1 is 0.896 bits per heavy atom. The number of likely N-dealkylation sites (tertiary alicyclic amines) is 1. The molecule has 0 aromatic heterocycles. The summed E-state index contributed by atoms with van der Waals surface area (Å²) in [5.41, 5.74) is 0.0575. The van der Waals surface area contributed by atoms with Crippen LogP contribution in [0.1, 0.15) is 47.9 Å². The third kappa shape index (κ3) is 6.38. The lowest BCUT2D eigenvalue weighted by molar-refractivity contribution is -0.385. The van der Waals surface area contributed by atoms with Crippen molar-refractivity contribution < 1.29 is 43.3 Å². The molecule has 3 aliphatic heterocycles. The third-order valence-electron chi connectivity index (χ3n) is 9.18. The maximum absolute atomic E-state index is 13.5. The Morgan fingerprint density at radius 2 is 1.42 bits per heavy atom. The number of carbonyl (C=O) groups excluding carboxylic acids is 5. The van der Waals surface area contributed by atoms with Gasteiger partial charge in [-0.2, -0.15) is 0 Å². The first-order valence-corrected chi connectivity index (χ1v) is 15.2. The van der Waals surface area contributed by atoms with Crippen molar-refractivity contribution >= 4 is 41.3 Å². The maximum atomic E-state index is 13.5. The van der Waals surface area contributed by atoms with Gasteiger partial charge < -0.3 is 19.3 Å². The molecule has 0 saturated carbocycles. The van der Waals surface area contributed by atoms with E-state index >= 15 is 0 Å². The van der Waals surface area contributed by atoms with Gasteiger partial charge in [0.2, 0.25) is 5.91 Å². The molecule has 0 spiro atoms.